The van der Waals surface area contributed by atoms with E-state index in [0.29, 0.717) is 5.22 Å². The summed E-state index contributed by atoms with van der Waals surface area (Å²) in [6.07, 6.45) is 2.27. The minimum absolute atomic E-state index is 0. The fraction of sp³-hybridized carbons (Fsp3) is 0.429. The second kappa shape index (κ2) is 7.11. The van der Waals surface area contributed by atoms with Gasteiger partial charge in [-0.05, 0) is 37.4 Å². The predicted octanol–water partition coefficient (Wildman–Crippen LogP) is 3.52. The Bertz CT molecular complexity index is 555. The lowest BCUT2D eigenvalue weighted by Crippen LogP contribution is -2.12. The van der Waals surface area contributed by atoms with Crippen molar-refractivity contribution >= 4 is 24.2 Å². The summed E-state index contributed by atoms with van der Waals surface area (Å²) in [5, 5.41) is 12.3. The van der Waals surface area contributed by atoms with Crippen molar-refractivity contribution in [3.63, 3.8) is 0 Å². The molecule has 1 aromatic heterocycles. The monoisotopic (exact) mass is 311 g/mol. The molecule has 2 aromatic rings. The highest BCUT2D eigenvalue weighted by atomic mass is 35.5. The van der Waals surface area contributed by atoms with E-state index >= 15 is 0 Å². The van der Waals surface area contributed by atoms with Gasteiger partial charge < -0.3 is 9.73 Å². The summed E-state index contributed by atoms with van der Waals surface area (Å²) in [7, 11) is 0. The number of rotatable bonds is 4. The number of halogens is 1. The molecule has 0 unspecified atom stereocenters. The molecule has 3 rings (SSSR count). The van der Waals surface area contributed by atoms with E-state index in [1.807, 2.05) is 0 Å². The summed E-state index contributed by atoms with van der Waals surface area (Å²) in [4.78, 5) is 0. The highest BCUT2D eigenvalue weighted by Crippen LogP contribution is 2.27. The van der Waals surface area contributed by atoms with Gasteiger partial charge in [0.15, 0.2) is 0 Å². The van der Waals surface area contributed by atoms with Crippen LogP contribution < -0.4 is 5.32 Å². The third-order valence-corrected chi connectivity index (χ3v) is 4.26. The van der Waals surface area contributed by atoms with E-state index in [1.54, 1.807) is 11.8 Å². The van der Waals surface area contributed by atoms with Crippen LogP contribution in [-0.4, -0.2) is 16.7 Å². The van der Waals surface area contributed by atoms with Gasteiger partial charge in [0.25, 0.3) is 5.22 Å². The average Bonchev–Trinajstić information content (AvgIpc) is 3.09. The van der Waals surface area contributed by atoms with Gasteiger partial charge in [-0.25, -0.2) is 0 Å². The van der Waals surface area contributed by atoms with Gasteiger partial charge in [-0.3, -0.25) is 0 Å². The van der Waals surface area contributed by atoms with Crippen molar-refractivity contribution in [3.8, 4) is 0 Å². The molecule has 1 atom stereocenters. The van der Waals surface area contributed by atoms with E-state index in [1.165, 1.54) is 17.5 Å². The molecule has 0 spiro atoms. The van der Waals surface area contributed by atoms with E-state index < -0.39 is 0 Å². The van der Waals surface area contributed by atoms with Crippen LogP contribution in [0.3, 0.4) is 0 Å². The van der Waals surface area contributed by atoms with E-state index in [2.05, 4.69) is 46.7 Å². The highest BCUT2D eigenvalue weighted by Gasteiger charge is 2.22. The first-order valence-corrected chi connectivity index (χ1v) is 7.55. The van der Waals surface area contributed by atoms with Crippen molar-refractivity contribution in [1.82, 2.24) is 15.5 Å². The number of aromatic nitrogens is 2. The largest absolute Gasteiger partial charge is 0.414 e. The summed E-state index contributed by atoms with van der Waals surface area (Å²) in [5.41, 5.74) is 2.61. The summed E-state index contributed by atoms with van der Waals surface area (Å²) >= 11 is 1.60. The highest BCUT2D eigenvalue weighted by molar-refractivity contribution is 7.98. The molecule has 1 aliphatic heterocycles. The topological polar surface area (TPSA) is 51.0 Å². The molecule has 0 saturated carbocycles. The zero-order valence-electron chi connectivity index (χ0n) is 11.3. The summed E-state index contributed by atoms with van der Waals surface area (Å²) in [6.45, 7) is 3.16. The number of nitrogens with zero attached hydrogens (tertiary/aromatic N) is 2. The van der Waals surface area contributed by atoms with Crippen molar-refractivity contribution in [2.45, 2.75) is 36.8 Å². The average molecular weight is 312 g/mol. The quantitative estimate of drug-likeness (QED) is 0.876. The van der Waals surface area contributed by atoms with Crippen LogP contribution in [0.4, 0.5) is 0 Å². The zero-order valence-corrected chi connectivity index (χ0v) is 13.0. The van der Waals surface area contributed by atoms with Gasteiger partial charge in [0, 0.05) is 5.75 Å². The molecular weight excluding hydrogens is 294 g/mol. The van der Waals surface area contributed by atoms with Gasteiger partial charge in [-0.15, -0.1) is 22.6 Å². The molecule has 0 radical (unpaired) electrons. The Labute approximate surface area is 129 Å². The fourth-order valence-electron chi connectivity index (χ4n) is 2.23. The predicted molar refractivity (Wildman–Crippen MR) is 82.3 cm³/mol. The molecule has 0 amide bonds. The fourth-order valence-corrected chi connectivity index (χ4v) is 3.07. The van der Waals surface area contributed by atoms with Crippen molar-refractivity contribution < 1.29 is 4.42 Å². The van der Waals surface area contributed by atoms with Crippen LogP contribution in [0.25, 0.3) is 0 Å². The van der Waals surface area contributed by atoms with Crippen LogP contribution in [0.2, 0.25) is 0 Å². The number of aryl methyl sites for hydroxylation is 1. The minimum Gasteiger partial charge on any atom is -0.414 e. The smallest absolute Gasteiger partial charge is 0.276 e. The van der Waals surface area contributed by atoms with Gasteiger partial charge in [0.1, 0.15) is 0 Å². The molecule has 1 aliphatic rings. The van der Waals surface area contributed by atoms with Crippen LogP contribution in [-0.2, 0) is 5.75 Å². The first-order chi connectivity index (χ1) is 9.33. The van der Waals surface area contributed by atoms with Gasteiger partial charge in [0.2, 0.25) is 5.89 Å². The molecule has 1 fully saturated rings. The van der Waals surface area contributed by atoms with E-state index in [0.717, 1.165) is 24.6 Å². The standard InChI is InChI=1S/C14H17N3OS.ClH/c1-10-5-2-3-6-11(10)9-19-14-17-16-13(18-14)12-7-4-8-15-12;/h2-3,5-6,12,15H,4,7-9H2,1H3;1H/t12-;/m0./s1. The molecule has 4 nitrogen and oxygen atoms in total. The van der Waals surface area contributed by atoms with Crippen LogP contribution in [0.5, 0.6) is 0 Å². The van der Waals surface area contributed by atoms with Gasteiger partial charge >= 0.3 is 0 Å². The Morgan fingerprint density at radius 1 is 1.35 bits per heavy atom. The first kappa shape index (κ1) is 15.4. The Kier molecular flexibility index (Phi) is 5.46. The Morgan fingerprint density at radius 2 is 2.20 bits per heavy atom. The van der Waals surface area contributed by atoms with Crippen LogP contribution in [0.1, 0.15) is 35.9 Å². The van der Waals surface area contributed by atoms with E-state index in [9.17, 15) is 0 Å². The molecule has 6 heteroatoms. The van der Waals surface area contributed by atoms with Gasteiger partial charge in [-0.2, -0.15) is 0 Å². The van der Waals surface area contributed by atoms with Crippen molar-refractivity contribution in [2.75, 3.05) is 6.54 Å². The summed E-state index contributed by atoms with van der Waals surface area (Å²) < 4.78 is 5.71. The van der Waals surface area contributed by atoms with Crippen molar-refractivity contribution in [1.29, 1.82) is 0 Å². The maximum Gasteiger partial charge on any atom is 0.276 e. The van der Waals surface area contributed by atoms with Crippen molar-refractivity contribution in [3.05, 3.63) is 41.3 Å². The molecule has 1 N–H and O–H groups in total. The summed E-state index contributed by atoms with van der Waals surface area (Å²) in [6, 6.07) is 8.63. The minimum atomic E-state index is 0. The number of benzene rings is 1. The Balaban J connectivity index is 0.00000147. The van der Waals surface area contributed by atoms with E-state index in [4.69, 9.17) is 4.42 Å². The van der Waals surface area contributed by atoms with Gasteiger partial charge in [0.05, 0.1) is 6.04 Å². The molecule has 0 bridgehead atoms. The van der Waals surface area contributed by atoms with Crippen LogP contribution in [0.15, 0.2) is 33.9 Å². The molecule has 2 heterocycles. The lowest BCUT2D eigenvalue weighted by Gasteiger charge is -2.03. The number of hydrogen-bond acceptors (Lipinski definition) is 5. The van der Waals surface area contributed by atoms with Crippen molar-refractivity contribution in [2.24, 2.45) is 0 Å². The Hall–Kier alpha value is -1.04. The first-order valence-electron chi connectivity index (χ1n) is 6.57. The molecule has 1 aromatic carbocycles. The summed E-state index contributed by atoms with van der Waals surface area (Å²) in [5.74, 6) is 1.59. The molecule has 0 aliphatic carbocycles. The van der Waals surface area contributed by atoms with Gasteiger partial charge in [-0.1, -0.05) is 36.0 Å². The zero-order chi connectivity index (χ0) is 13.1. The lowest BCUT2D eigenvalue weighted by atomic mass is 10.1. The SMILES string of the molecule is Cc1ccccc1CSc1nnc([C@@H]2CCCN2)o1.Cl. The van der Waals surface area contributed by atoms with Crippen LogP contribution >= 0.6 is 24.2 Å². The molecular formula is C14H18ClN3OS. The second-order valence-corrected chi connectivity index (χ2v) is 5.70. The van der Waals surface area contributed by atoms with E-state index in [-0.39, 0.29) is 18.4 Å². The normalized spacial score (nSPS) is 17.9. The maximum atomic E-state index is 5.71. The number of hydrogen-bond donors (Lipinski definition) is 1. The Morgan fingerprint density at radius 3 is 2.95 bits per heavy atom. The molecule has 20 heavy (non-hydrogen) atoms. The molecule has 108 valence electrons. The maximum absolute atomic E-state index is 5.71. The van der Waals surface area contributed by atoms with Crippen LogP contribution in [0, 0.1) is 6.92 Å². The lowest BCUT2D eigenvalue weighted by molar-refractivity contribution is 0.374. The number of nitrogens with one attached hydrogen (secondary N) is 1. The third kappa shape index (κ3) is 3.53. The second-order valence-electron chi connectivity index (χ2n) is 4.77. The number of thioether (sulfide) groups is 1. The third-order valence-electron chi connectivity index (χ3n) is 3.39. The molecule has 1 saturated heterocycles.